The number of rotatable bonds is 6. The Morgan fingerprint density at radius 1 is 0.720 bits per heavy atom. The molecular formula is C16H10B2Cl2O5. The molecule has 5 nitrogen and oxygen atoms in total. The van der Waals surface area contributed by atoms with Gasteiger partial charge in [-0.3, -0.25) is 19.2 Å². The molecule has 0 bridgehead atoms. The zero-order valence-corrected chi connectivity index (χ0v) is 14.3. The fourth-order valence-electron chi connectivity index (χ4n) is 2.14. The van der Waals surface area contributed by atoms with E-state index < -0.39 is 22.2 Å². The molecule has 0 saturated heterocycles. The summed E-state index contributed by atoms with van der Waals surface area (Å²) in [7, 11) is -0.353. The van der Waals surface area contributed by atoms with Crippen molar-refractivity contribution in [1.29, 1.82) is 0 Å². The number of benzene rings is 2. The van der Waals surface area contributed by atoms with Gasteiger partial charge in [-0.15, -0.1) is 0 Å². The van der Waals surface area contributed by atoms with Gasteiger partial charge in [0, 0.05) is 11.1 Å². The molecule has 0 saturated carbocycles. The summed E-state index contributed by atoms with van der Waals surface area (Å²) in [6.07, 6.45) is 0. The SMILES string of the molecule is O=C(Bc1cccc(C(=O)Cl)c1)OC(=O)Bc1cccc(C(=O)Cl)c1. The van der Waals surface area contributed by atoms with Crippen LogP contribution in [0.5, 0.6) is 0 Å². The topological polar surface area (TPSA) is 77.5 Å². The molecule has 25 heavy (non-hydrogen) atoms. The van der Waals surface area contributed by atoms with Crippen LogP contribution in [-0.4, -0.2) is 36.8 Å². The van der Waals surface area contributed by atoms with E-state index >= 15 is 0 Å². The van der Waals surface area contributed by atoms with Crippen molar-refractivity contribution in [2.75, 3.05) is 0 Å². The summed E-state index contributed by atoms with van der Waals surface area (Å²) in [6.45, 7) is 0. The van der Waals surface area contributed by atoms with Crippen molar-refractivity contribution >= 4 is 70.9 Å². The number of carbonyl (C=O) groups excluding carboxylic acids is 4. The van der Waals surface area contributed by atoms with E-state index in [1.54, 1.807) is 24.3 Å². The smallest absolute Gasteiger partial charge is 0.294 e. The maximum absolute atomic E-state index is 11.8. The fraction of sp³-hybridized carbons (Fsp3) is 0. The molecule has 0 aliphatic rings. The molecule has 0 fully saturated rings. The minimum atomic E-state index is -0.756. The lowest BCUT2D eigenvalue weighted by molar-refractivity contribution is 0.107. The zero-order valence-electron chi connectivity index (χ0n) is 12.8. The van der Waals surface area contributed by atoms with E-state index in [9.17, 15) is 19.2 Å². The maximum Gasteiger partial charge on any atom is 0.294 e. The summed E-state index contributed by atoms with van der Waals surface area (Å²) >= 11 is 10.8. The molecule has 0 heterocycles. The third-order valence-corrected chi connectivity index (χ3v) is 3.67. The maximum atomic E-state index is 11.8. The van der Waals surface area contributed by atoms with Crippen molar-refractivity contribution in [3.05, 3.63) is 59.7 Å². The van der Waals surface area contributed by atoms with E-state index in [0.29, 0.717) is 10.9 Å². The lowest BCUT2D eigenvalue weighted by Gasteiger charge is -2.04. The number of hydrogen-bond donors (Lipinski definition) is 0. The van der Waals surface area contributed by atoms with E-state index in [2.05, 4.69) is 0 Å². The Balaban J connectivity index is 1.95. The van der Waals surface area contributed by atoms with Gasteiger partial charge in [0.2, 0.25) is 0 Å². The molecule has 0 unspecified atom stereocenters. The third kappa shape index (κ3) is 5.89. The largest absolute Gasteiger partial charge is 0.410 e. The number of carbonyl (C=O) groups is 4. The van der Waals surface area contributed by atoms with Gasteiger partial charge in [0.25, 0.3) is 36.8 Å². The average molecular weight is 375 g/mol. The van der Waals surface area contributed by atoms with Crippen molar-refractivity contribution < 1.29 is 23.9 Å². The highest BCUT2D eigenvalue weighted by Gasteiger charge is 2.16. The summed E-state index contributed by atoms with van der Waals surface area (Å²) in [4.78, 5) is 45.9. The van der Waals surface area contributed by atoms with Crippen LogP contribution in [-0.2, 0) is 4.74 Å². The molecule has 0 spiro atoms. The van der Waals surface area contributed by atoms with Crippen molar-refractivity contribution in [3.63, 3.8) is 0 Å². The number of hydrogen-bond acceptors (Lipinski definition) is 5. The van der Waals surface area contributed by atoms with Gasteiger partial charge in [-0.2, -0.15) is 0 Å². The molecule has 0 aromatic heterocycles. The van der Waals surface area contributed by atoms with Crippen LogP contribution < -0.4 is 10.9 Å². The van der Waals surface area contributed by atoms with Gasteiger partial charge in [0.15, 0.2) is 0 Å². The Bertz CT molecular complexity index is 784. The molecule has 2 aromatic carbocycles. The van der Waals surface area contributed by atoms with Crippen LogP contribution >= 0.6 is 23.2 Å². The van der Waals surface area contributed by atoms with Gasteiger partial charge in [-0.1, -0.05) is 59.5 Å². The summed E-state index contributed by atoms with van der Waals surface area (Å²) < 4.78 is 4.75. The van der Waals surface area contributed by atoms with E-state index in [1.807, 2.05) is 0 Å². The Morgan fingerprint density at radius 3 is 1.48 bits per heavy atom. The van der Waals surface area contributed by atoms with E-state index in [-0.39, 0.29) is 25.7 Å². The van der Waals surface area contributed by atoms with Gasteiger partial charge in [0.05, 0.1) is 0 Å². The normalized spacial score (nSPS) is 9.84. The monoisotopic (exact) mass is 374 g/mol. The predicted octanol–water partition coefficient (Wildman–Crippen LogP) is 1.52. The van der Waals surface area contributed by atoms with Gasteiger partial charge < -0.3 is 4.74 Å². The van der Waals surface area contributed by atoms with Gasteiger partial charge in [-0.05, 0) is 23.2 Å². The first-order valence-electron chi connectivity index (χ1n) is 7.16. The van der Waals surface area contributed by atoms with Crippen molar-refractivity contribution in [2.24, 2.45) is 0 Å². The number of halogens is 2. The fourth-order valence-corrected chi connectivity index (χ4v) is 2.37. The summed E-state index contributed by atoms with van der Waals surface area (Å²) in [5.41, 5.74) is 1.50. The van der Waals surface area contributed by atoms with E-state index in [0.717, 1.165) is 0 Å². The molecule has 124 valence electrons. The van der Waals surface area contributed by atoms with Crippen LogP contribution in [0.2, 0.25) is 0 Å². The lowest BCUT2D eigenvalue weighted by Crippen LogP contribution is -2.31. The Morgan fingerprint density at radius 2 is 1.12 bits per heavy atom. The first kappa shape index (κ1) is 19.0. The van der Waals surface area contributed by atoms with Crippen LogP contribution in [0, 0.1) is 0 Å². The molecule has 2 rings (SSSR count). The van der Waals surface area contributed by atoms with Gasteiger partial charge in [0.1, 0.15) is 0 Å². The van der Waals surface area contributed by atoms with Crippen molar-refractivity contribution in [1.82, 2.24) is 0 Å². The minimum Gasteiger partial charge on any atom is -0.410 e. The molecule has 0 N–H and O–H groups in total. The van der Waals surface area contributed by atoms with Crippen LogP contribution in [0.4, 0.5) is 9.59 Å². The number of ether oxygens (including phenoxy) is 1. The highest BCUT2D eigenvalue weighted by molar-refractivity contribution is 6.87. The van der Waals surface area contributed by atoms with Crippen LogP contribution in [0.1, 0.15) is 20.7 Å². The highest BCUT2D eigenvalue weighted by atomic mass is 35.5. The molecule has 0 radical (unpaired) electrons. The molecule has 2 aromatic rings. The van der Waals surface area contributed by atoms with Gasteiger partial charge in [-0.25, -0.2) is 0 Å². The third-order valence-electron chi connectivity index (χ3n) is 3.23. The average Bonchev–Trinajstić information content (AvgIpc) is 2.54. The van der Waals surface area contributed by atoms with Crippen LogP contribution in [0.25, 0.3) is 0 Å². The molecule has 0 amide bonds. The first-order valence-corrected chi connectivity index (χ1v) is 7.92. The second kappa shape index (κ2) is 8.65. The summed E-state index contributed by atoms with van der Waals surface area (Å²) in [5.74, 6) is -1.51. The predicted molar refractivity (Wildman–Crippen MR) is 98.7 cm³/mol. The van der Waals surface area contributed by atoms with Crippen LogP contribution in [0.15, 0.2) is 48.5 Å². The Kier molecular flexibility index (Phi) is 6.56. The second-order valence-corrected chi connectivity index (χ2v) is 5.83. The molecule has 0 atom stereocenters. The first-order chi connectivity index (χ1) is 11.8. The second-order valence-electron chi connectivity index (χ2n) is 5.15. The Hall–Kier alpha value is -2.37. The Labute approximate surface area is 154 Å². The molecule has 9 heteroatoms. The van der Waals surface area contributed by atoms with E-state index in [4.69, 9.17) is 27.9 Å². The molecular weight excluding hydrogens is 365 g/mol. The molecule has 0 aliphatic carbocycles. The summed E-state index contributed by atoms with van der Waals surface area (Å²) in [5, 5.41) is -1.28. The quantitative estimate of drug-likeness (QED) is 0.435. The zero-order chi connectivity index (χ0) is 18.4. The van der Waals surface area contributed by atoms with Crippen LogP contribution in [0.3, 0.4) is 0 Å². The van der Waals surface area contributed by atoms with E-state index in [1.165, 1.54) is 24.3 Å². The minimum absolute atomic E-state index is 0.177. The van der Waals surface area contributed by atoms with Crippen molar-refractivity contribution in [3.8, 4) is 0 Å². The summed E-state index contributed by atoms with van der Waals surface area (Å²) in [6, 6.07) is 12.3. The van der Waals surface area contributed by atoms with Crippen molar-refractivity contribution in [2.45, 2.75) is 0 Å². The molecule has 0 aliphatic heterocycles. The standard InChI is InChI=1S/C16H10B2Cl2O5/c19-13(21)9-3-1-5-11(7-9)17-15(23)25-16(24)18-12-6-2-4-10(8-12)14(20)22/h1-8,17-18H. The van der Waals surface area contributed by atoms with Gasteiger partial charge >= 0.3 is 0 Å². The highest BCUT2D eigenvalue weighted by Crippen LogP contribution is 2.02. The lowest BCUT2D eigenvalue weighted by atomic mass is 9.68.